The Labute approximate surface area is 210 Å². The summed E-state index contributed by atoms with van der Waals surface area (Å²) in [6.45, 7) is 4.98. The van der Waals surface area contributed by atoms with E-state index < -0.39 is 0 Å². The Morgan fingerprint density at radius 1 is 1.09 bits per heavy atom. The number of amides is 1. The predicted molar refractivity (Wildman–Crippen MR) is 138 cm³/mol. The number of hydrogen-bond acceptors (Lipinski definition) is 7. The van der Waals surface area contributed by atoms with Gasteiger partial charge in [-0.2, -0.15) is 0 Å². The molecular formula is C26H32N4O4S. The third-order valence-electron chi connectivity index (χ3n) is 6.18. The van der Waals surface area contributed by atoms with Gasteiger partial charge in [-0.05, 0) is 43.5 Å². The number of carbonyl (C=O) groups is 1. The van der Waals surface area contributed by atoms with Gasteiger partial charge in [0.1, 0.15) is 0 Å². The van der Waals surface area contributed by atoms with Crippen molar-refractivity contribution in [2.75, 3.05) is 32.0 Å². The van der Waals surface area contributed by atoms with Gasteiger partial charge in [0.25, 0.3) is 0 Å². The molecule has 0 unspecified atom stereocenters. The van der Waals surface area contributed by atoms with Gasteiger partial charge in [0.15, 0.2) is 22.5 Å². The first-order chi connectivity index (χ1) is 17.0. The Hall–Kier alpha value is -3.20. The molecule has 4 rings (SSSR count). The van der Waals surface area contributed by atoms with E-state index in [0.717, 1.165) is 42.2 Å². The van der Waals surface area contributed by atoms with Crippen LogP contribution in [-0.4, -0.2) is 53.8 Å². The topological polar surface area (TPSA) is 78.7 Å². The number of fused-ring (bicyclic) bond motifs is 1. The molecule has 0 bridgehead atoms. The van der Waals surface area contributed by atoms with E-state index in [1.165, 1.54) is 17.3 Å². The van der Waals surface area contributed by atoms with Crippen molar-refractivity contribution in [2.45, 2.75) is 50.9 Å². The van der Waals surface area contributed by atoms with Crippen LogP contribution in [0.1, 0.15) is 32.3 Å². The van der Waals surface area contributed by atoms with Crippen LogP contribution in [0.25, 0.3) is 11.4 Å². The second-order valence-electron chi connectivity index (χ2n) is 8.46. The molecule has 2 aromatic carbocycles. The average Bonchev–Trinajstić information content (AvgIpc) is 3.44. The number of unbranched alkanes of at least 4 members (excludes halogenated alkanes) is 1. The Balaban J connectivity index is 1.61. The fourth-order valence-electron chi connectivity index (χ4n) is 4.48. The van der Waals surface area contributed by atoms with Crippen molar-refractivity contribution in [3.63, 3.8) is 0 Å². The summed E-state index contributed by atoms with van der Waals surface area (Å²) in [7, 11) is 4.76. The highest BCUT2D eigenvalue weighted by Crippen LogP contribution is 2.41. The zero-order valence-electron chi connectivity index (χ0n) is 20.9. The summed E-state index contributed by atoms with van der Waals surface area (Å²) < 4.78 is 18.6. The van der Waals surface area contributed by atoms with Gasteiger partial charge in [-0.1, -0.05) is 43.3 Å². The number of ether oxygens (including phenoxy) is 3. The van der Waals surface area contributed by atoms with E-state index in [9.17, 15) is 4.79 Å². The molecule has 1 amide bonds. The lowest BCUT2D eigenvalue weighted by molar-refractivity contribution is -0.116. The van der Waals surface area contributed by atoms with Crippen LogP contribution in [0, 0.1) is 0 Å². The Kier molecular flexibility index (Phi) is 7.85. The van der Waals surface area contributed by atoms with Crippen LogP contribution in [0.3, 0.4) is 0 Å². The van der Waals surface area contributed by atoms with E-state index in [1.807, 2.05) is 35.2 Å². The molecule has 0 aliphatic carbocycles. The molecule has 2 heterocycles. The molecule has 0 radical (unpaired) electrons. The number of benzene rings is 2. The average molecular weight is 497 g/mol. The smallest absolute Gasteiger partial charge is 0.237 e. The first-order valence-electron chi connectivity index (χ1n) is 11.8. The third kappa shape index (κ3) is 4.96. The monoisotopic (exact) mass is 496 g/mol. The highest BCUT2D eigenvalue weighted by molar-refractivity contribution is 7.99. The summed E-state index contributed by atoms with van der Waals surface area (Å²) in [5.41, 5.74) is 3.04. The Morgan fingerprint density at radius 2 is 1.80 bits per heavy atom. The maximum absolute atomic E-state index is 13.2. The van der Waals surface area contributed by atoms with Gasteiger partial charge in [0.05, 0.1) is 27.1 Å². The van der Waals surface area contributed by atoms with Crippen LogP contribution in [0.2, 0.25) is 0 Å². The molecule has 0 saturated carbocycles. The second-order valence-corrected chi connectivity index (χ2v) is 9.40. The number of anilines is 1. The molecule has 0 fully saturated rings. The minimum absolute atomic E-state index is 0.0758. The number of aromatic nitrogens is 3. The van der Waals surface area contributed by atoms with Gasteiger partial charge in [-0.15, -0.1) is 10.2 Å². The van der Waals surface area contributed by atoms with E-state index in [4.69, 9.17) is 14.2 Å². The van der Waals surface area contributed by atoms with Gasteiger partial charge in [-0.3, -0.25) is 4.79 Å². The highest BCUT2D eigenvalue weighted by atomic mass is 32.2. The standard InChI is InChI=1S/C26H32N4O4S/c1-6-7-12-29-25(19-14-21(32-3)24(34-5)22(15-19)33-4)27-28-26(29)35-16-23(31)30-17(2)13-18-10-8-9-11-20(18)30/h8-11,14-15,17H,6-7,12-13,16H2,1-5H3/t17-/m1/s1. The number of thioether (sulfide) groups is 1. The highest BCUT2D eigenvalue weighted by Gasteiger charge is 2.31. The normalized spacial score (nSPS) is 14.7. The lowest BCUT2D eigenvalue weighted by Gasteiger charge is -2.22. The first-order valence-corrected chi connectivity index (χ1v) is 12.8. The van der Waals surface area contributed by atoms with Gasteiger partial charge in [-0.25, -0.2) is 0 Å². The van der Waals surface area contributed by atoms with Crippen LogP contribution in [0.5, 0.6) is 17.2 Å². The summed E-state index contributed by atoms with van der Waals surface area (Å²) in [4.78, 5) is 15.1. The minimum Gasteiger partial charge on any atom is -0.493 e. The maximum atomic E-state index is 13.2. The predicted octanol–water partition coefficient (Wildman–Crippen LogP) is 4.84. The molecule has 1 aliphatic heterocycles. The number of hydrogen-bond donors (Lipinski definition) is 0. The summed E-state index contributed by atoms with van der Waals surface area (Å²) >= 11 is 1.42. The van der Waals surface area contributed by atoms with Crippen molar-refractivity contribution in [3.8, 4) is 28.6 Å². The molecule has 0 N–H and O–H groups in total. The molecule has 0 saturated heterocycles. The molecule has 9 heteroatoms. The molecule has 1 aliphatic rings. The van der Waals surface area contributed by atoms with Crippen molar-refractivity contribution >= 4 is 23.4 Å². The van der Waals surface area contributed by atoms with E-state index in [-0.39, 0.29) is 17.7 Å². The lowest BCUT2D eigenvalue weighted by atomic mass is 10.1. The van der Waals surface area contributed by atoms with Crippen molar-refractivity contribution in [3.05, 3.63) is 42.0 Å². The molecule has 186 valence electrons. The molecule has 1 atom stereocenters. The van der Waals surface area contributed by atoms with Gasteiger partial charge in [0.2, 0.25) is 11.7 Å². The van der Waals surface area contributed by atoms with Crippen molar-refractivity contribution in [2.24, 2.45) is 0 Å². The minimum atomic E-state index is 0.0758. The van der Waals surface area contributed by atoms with E-state index >= 15 is 0 Å². The second kappa shape index (κ2) is 11.0. The zero-order valence-corrected chi connectivity index (χ0v) is 21.7. The number of methoxy groups -OCH3 is 3. The largest absolute Gasteiger partial charge is 0.493 e. The van der Waals surface area contributed by atoms with Crippen LogP contribution in [-0.2, 0) is 17.8 Å². The van der Waals surface area contributed by atoms with E-state index in [2.05, 4.69) is 34.7 Å². The van der Waals surface area contributed by atoms with Crippen molar-refractivity contribution in [1.82, 2.24) is 14.8 Å². The summed E-state index contributed by atoms with van der Waals surface area (Å²) in [6, 6.07) is 12.0. The molecule has 35 heavy (non-hydrogen) atoms. The molecule has 0 spiro atoms. The Morgan fingerprint density at radius 3 is 2.46 bits per heavy atom. The summed E-state index contributed by atoms with van der Waals surface area (Å²) in [5.74, 6) is 2.70. The molecule has 3 aromatic rings. The summed E-state index contributed by atoms with van der Waals surface area (Å²) in [6.07, 6.45) is 2.87. The van der Waals surface area contributed by atoms with Gasteiger partial charge < -0.3 is 23.7 Å². The first kappa shape index (κ1) is 24.9. The SMILES string of the molecule is CCCCn1c(SCC(=O)N2c3ccccc3C[C@H]2C)nnc1-c1cc(OC)c(OC)c(OC)c1. The number of rotatable bonds is 10. The zero-order chi connectivity index (χ0) is 24.9. The van der Waals surface area contributed by atoms with Gasteiger partial charge >= 0.3 is 0 Å². The molecule has 1 aromatic heterocycles. The number of para-hydroxylation sites is 1. The third-order valence-corrected chi connectivity index (χ3v) is 7.13. The summed E-state index contributed by atoms with van der Waals surface area (Å²) in [5, 5.41) is 9.66. The van der Waals surface area contributed by atoms with Crippen molar-refractivity contribution in [1.29, 1.82) is 0 Å². The lowest BCUT2D eigenvalue weighted by Crippen LogP contribution is -2.37. The fourth-order valence-corrected chi connectivity index (χ4v) is 5.30. The van der Waals surface area contributed by atoms with Crippen LogP contribution >= 0.6 is 11.8 Å². The van der Waals surface area contributed by atoms with Crippen LogP contribution < -0.4 is 19.1 Å². The van der Waals surface area contributed by atoms with E-state index in [0.29, 0.717) is 23.1 Å². The maximum Gasteiger partial charge on any atom is 0.237 e. The van der Waals surface area contributed by atoms with Crippen LogP contribution in [0.4, 0.5) is 5.69 Å². The molecular weight excluding hydrogens is 464 g/mol. The number of carbonyl (C=O) groups excluding carboxylic acids is 1. The van der Waals surface area contributed by atoms with Crippen molar-refractivity contribution < 1.29 is 19.0 Å². The fraction of sp³-hybridized carbons (Fsp3) is 0.423. The van der Waals surface area contributed by atoms with E-state index in [1.54, 1.807) is 21.3 Å². The Bertz CT molecular complexity index is 1170. The van der Waals surface area contributed by atoms with Gasteiger partial charge in [0, 0.05) is 23.8 Å². The van der Waals surface area contributed by atoms with Crippen LogP contribution in [0.15, 0.2) is 41.6 Å². The number of nitrogens with zero attached hydrogens (tertiary/aromatic N) is 4. The molecule has 8 nitrogen and oxygen atoms in total. The quantitative estimate of drug-likeness (QED) is 0.372.